The third kappa shape index (κ3) is 8.34. The maximum Gasteiger partial charge on any atom is 0.234 e. The van der Waals surface area contributed by atoms with Crippen molar-refractivity contribution in [1.29, 1.82) is 0 Å². The zero-order chi connectivity index (χ0) is 19.8. The molecule has 1 aromatic rings. The zero-order valence-electron chi connectivity index (χ0n) is 17.9. The third-order valence-corrected chi connectivity index (χ3v) is 4.68. The second-order valence-electron chi connectivity index (χ2n) is 7.71. The van der Waals surface area contributed by atoms with E-state index in [9.17, 15) is 4.79 Å². The monoisotopic (exact) mass is 501 g/mol. The van der Waals surface area contributed by atoms with E-state index in [1.54, 1.807) is 0 Å². The SMILES string of the molecule is CN=C(NCCc1cc(C)cc(C)c1)N1CCN(CC(=O)NC(C)C)CC1.I. The molecule has 2 N–H and O–H groups in total. The number of hydrogen-bond donors (Lipinski definition) is 2. The number of rotatable bonds is 6. The van der Waals surface area contributed by atoms with Crippen LogP contribution in [0.4, 0.5) is 0 Å². The molecule has 28 heavy (non-hydrogen) atoms. The van der Waals surface area contributed by atoms with Gasteiger partial charge >= 0.3 is 0 Å². The number of benzene rings is 1. The van der Waals surface area contributed by atoms with Gasteiger partial charge in [0.25, 0.3) is 0 Å². The van der Waals surface area contributed by atoms with Gasteiger partial charge in [0.2, 0.25) is 5.91 Å². The number of aryl methyl sites for hydroxylation is 2. The Kier molecular flexibility index (Phi) is 10.8. The van der Waals surface area contributed by atoms with Crippen molar-refractivity contribution in [1.82, 2.24) is 20.4 Å². The molecule has 1 fully saturated rings. The van der Waals surface area contributed by atoms with E-state index in [2.05, 4.69) is 57.5 Å². The van der Waals surface area contributed by atoms with Crippen LogP contribution in [0.1, 0.15) is 30.5 Å². The van der Waals surface area contributed by atoms with Crippen LogP contribution in [0.2, 0.25) is 0 Å². The van der Waals surface area contributed by atoms with Gasteiger partial charge in [0.05, 0.1) is 6.54 Å². The quantitative estimate of drug-likeness (QED) is 0.357. The van der Waals surface area contributed by atoms with E-state index in [-0.39, 0.29) is 35.9 Å². The summed E-state index contributed by atoms with van der Waals surface area (Å²) in [6, 6.07) is 6.90. The smallest absolute Gasteiger partial charge is 0.234 e. The number of guanidine groups is 1. The van der Waals surface area contributed by atoms with Gasteiger partial charge in [-0.15, -0.1) is 24.0 Å². The van der Waals surface area contributed by atoms with E-state index in [0.717, 1.165) is 45.1 Å². The van der Waals surface area contributed by atoms with Crippen LogP contribution in [0.15, 0.2) is 23.2 Å². The summed E-state index contributed by atoms with van der Waals surface area (Å²) < 4.78 is 0. The van der Waals surface area contributed by atoms with Crippen LogP contribution in [0.25, 0.3) is 0 Å². The molecule has 0 radical (unpaired) electrons. The van der Waals surface area contributed by atoms with Crippen molar-refractivity contribution in [3.8, 4) is 0 Å². The molecule has 0 aromatic heterocycles. The molecule has 0 spiro atoms. The molecular weight excluding hydrogens is 465 g/mol. The molecule has 1 amide bonds. The Morgan fingerprint density at radius 1 is 1.11 bits per heavy atom. The molecule has 6 nitrogen and oxygen atoms in total. The van der Waals surface area contributed by atoms with Crippen LogP contribution in [-0.2, 0) is 11.2 Å². The maximum absolute atomic E-state index is 11.9. The number of hydrogen-bond acceptors (Lipinski definition) is 3. The summed E-state index contributed by atoms with van der Waals surface area (Å²) in [6.07, 6.45) is 0.983. The highest BCUT2D eigenvalue weighted by atomic mass is 127. The highest BCUT2D eigenvalue weighted by molar-refractivity contribution is 14.0. The van der Waals surface area contributed by atoms with E-state index >= 15 is 0 Å². The summed E-state index contributed by atoms with van der Waals surface area (Å²) in [5.41, 5.74) is 3.98. The van der Waals surface area contributed by atoms with Crippen molar-refractivity contribution in [2.75, 3.05) is 46.3 Å². The molecular formula is C21H36IN5O. The van der Waals surface area contributed by atoms with Gasteiger partial charge in [0, 0.05) is 45.8 Å². The summed E-state index contributed by atoms with van der Waals surface area (Å²) in [6.45, 7) is 13.1. The first-order valence-corrected chi connectivity index (χ1v) is 9.92. The van der Waals surface area contributed by atoms with Crippen molar-refractivity contribution < 1.29 is 4.79 Å². The van der Waals surface area contributed by atoms with E-state index in [1.165, 1.54) is 16.7 Å². The molecule has 0 bridgehead atoms. The van der Waals surface area contributed by atoms with Crippen LogP contribution in [0.5, 0.6) is 0 Å². The number of piperazine rings is 1. The molecule has 158 valence electrons. The lowest BCUT2D eigenvalue weighted by Crippen LogP contribution is -2.54. The molecule has 1 aliphatic heterocycles. The van der Waals surface area contributed by atoms with Gasteiger partial charge in [0.1, 0.15) is 0 Å². The molecule has 1 heterocycles. The summed E-state index contributed by atoms with van der Waals surface area (Å²) in [5, 5.41) is 6.44. The third-order valence-electron chi connectivity index (χ3n) is 4.68. The second kappa shape index (κ2) is 12.3. The number of amides is 1. The van der Waals surface area contributed by atoms with Crippen LogP contribution in [0, 0.1) is 13.8 Å². The molecule has 1 aromatic carbocycles. The first-order valence-electron chi connectivity index (χ1n) is 9.92. The Balaban J connectivity index is 0.00000392. The Labute approximate surface area is 187 Å². The normalized spacial score (nSPS) is 15.4. The number of nitrogens with zero attached hydrogens (tertiary/aromatic N) is 3. The predicted octanol–water partition coefficient (Wildman–Crippen LogP) is 2.18. The largest absolute Gasteiger partial charge is 0.356 e. The first kappa shape index (κ1) is 24.7. The van der Waals surface area contributed by atoms with Gasteiger partial charge in [-0.1, -0.05) is 29.3 Å². The molecule has 1 saturated heterocycles. The fraction of sp³-hybridized carbons (Fsp3) is 0.619. The van der Waals surface area contributed by atoms with Crippen molar-refractivity contribution in [2.24, 2.45) is 4.99 Å². The van der Waals surface area contributed by atoms with Crippen LogP contribution in [-0.4, -0.2) is 74.0 Å². The molecule has 0 atom stereocenters. The van der Waals surface area contributed by atoms with Crippen molar-refractivity contribution >= 4 is 35.8 Å². The fourth-order valence-corrected chi connectivity index (χ4v) is 3.55. The van der Waals surface area contributed by atoms with Gasteiger partial charge in [-0.05, 0) is 39.7 Å². The van der Waals surface area contributed by atoms with E-state index in [1.807, 2.05) is 20.9 Å². The lowest BCUT2D eigenvalue weighted by molar-refractivity contribution is -0.123. The Hall–Kier alpha value is -1.35. The minimum Gasteiger partial charge on any atom is -0.356 e. The number of carbonyl (C=O) groups is 1. The highest BCUT2D eigenvalue weighted by Gasteiger charge is 2.21. The molecule has 0 saturated carbocycles. The summed E-state index contributed by atoms with van der Waals surface area (Å²) in [7, 11) is 1.83. The van der Waals surface area contributed by atoms with E-state index in [0.29, 0.717) is 6.54 Å². The van der Waals surface area contributed by atoms with E-state index < -0.39 is 0 Å². The van der Waals surface area contributed by atoms with Crippen molar-refractivity contribution in [3.05, 3.63) is 34.9 Å². The van der Waals surface area contributed by atoms with E-state index in [4.69, 9.17) is 0 Å². The minimum absolute atomic E-state index is 0. The van der Waals surface area contributed by atoms with Crippen LogP contribution in [0.3, 0.4) is 0 Å². The molecule has 7 heteroatoms. The van der Waals surface area contributed by atoms with Gasteiger partial charge in [0.15, 0.2) is 5.96 Å². The number of nitrogens with one attached hydrogen (secondary N) is 2. The molecule has 1 aliphatic rings. The summed E-state index contributed by atoms with van der Waals surface area (Å²) in [5.74, 6) is 1.06. The molecule has 0 aliphatic carbocycles. The summed E-state index contributed by atoms with van der Waals surface area (Å²) in [4.78, 5) is 20.8. The number of carbonyl (C=O) groups excluding carboxylic acids is 1. The minimum atomic E-state index is 0. The predicted molar refractivity (Wildman–Crippen MR) is 128 cm³/mol. The average molecular weight is 501 g/mol. The highest BCUT2D eigenvalue weighted by Crippen LogP contribution is 2.09. The van der Waals surface area contributed by atoms with Gasteiger partial charge < -0.3 is 15.5 Å². The lowest BCUT2D eigenvalue weighted by Gasteiger charge is -2.36. The molecule has 0 unspecified atom stereocenters. The van der Waals surface area contributed by atoms with Crippen molar-refractivity contribution in [3.63, 3.8) is 0 Å². The Morgan fingerprint density at radius 3 is 2.25 bits per heavy atom. The van der Waals surface area contributed by atoms with Gasteiger partial charge in [-0.2, -0.15) is 0 Å². The summed E-state index contributed by atoms with van der Waals surface area (Å²) >= 11 is 0. The first-order chi connectivity index (χ1) is 12.9. The molecule has 2 rings (SSSR count). The number of halogens is 1. The fourth-order valence-electron chi connectivity index (χ4n) is 3.55. The topological polar surface area (TPSA) is 60.0 Å². The zero-order valence-corrected chi connectivity index (χ0v) is 20.2. The van der Waals surface area contributed by atoms with Gasteiger partial charge in [-0.3, -0.25) is 14.7 Å². The average Bonchev–Trinajstić information content (AvgIpc) is 2.58. The standard InChI is InChI=1S/C21H35N5O.HI/c1-16(2)24-20(27)15-25-8-10-26(11-9-25)21(22-5)23-7-6-19-13-17(3)12-18(4)14-19;/h12-14,16H,6-11,15H2,1-5H3,(H,22,23)(H,24,27);1H. The second-order valence-corrected chi connectivity index (χ2v) is 7.71. The number of aliphatic imine (C=N–C) groups is 1. The Bertz CT molecular complexity index is 634. The lowest BCUT2D eigenvalue weighted by atomic mass is 10.1. The Morgan fingerprint density at radius 2 is 1.71 bits per heavy atom. The maximum atomic E-state index is 11.9. The van der Waals surface area contributed by atoms with Crippen LogP contribution < -0.4 is 10.6 Å². The van der Waals surface area contributed by atoms with Crippen LogP contribution >= 0.6 is 24.0 Å². The van der Waals surface area contributed by atoms with Crippen molar-refractivity contribution in [2.45, 2.75) is 40.2 Å². The van der Waals surface area contributed by atoms with Gasteiger partial charge in [-0.25, -0.2) is 0 Å².